The van der Waals surface area contributed by atoms with Crippen molar-refractivity contribution in [3.05, 3.63) is 64.0 Å². The second-order valence-electron chi connectivity index (χ2n) is 6.68. The van der Waals surface area contributed by atoms with Crippen LogP contribution in [0.25, 0.3) is 10.2 Å². The molecule has 3 heterocycles. The zero-order valence-corrected chi connectivity index (χ0v) is 15.3. The largest absolute Gasteiger partial charge is 0.342 e. The molecule has 2 aromatic heterocycles. The third-order valence-electron chi connectivity index (χ3n) is 4.90. The van der Waals surface area contributed by atoms with E-state index in [1.807, 2.05) is 29.2 Å². The molecule has 5 nitrogen and oxygen atoms in total. The maximum atomic E-state index is 12.6. The number of aromatic nitrogens is 2. The highest BCUT2D eigenvalue weighted by atomic mass is 32.1. The third-order valence-corrected chi connectivity index (χ3v) is 6.10. The molecule has 1 atom stereocenters. The topological polar surface area (TPSA) is 55.2 Å². The van der Waals surface area contributed by atoms with Gasteiger partial charge < -0.3 is 9.47 Å². The van der Waals surface area contributed by atoms with Gasteiger partial charge in [-0.1, -0.05) is 18.2 Å². The van der Waals surface area contributed by atoms with Crippen molar-refractivity contribution in [2.45, 2.75) is 31.7 Å². The highest BCUT2D eigenvalue weighted by Crippen LogP contribution is 2.33. The first-order chi connectivity index (χ1) is 12.7. The number of likely N-dealkylation sites (tertiary alicyclic amines) is 1. The SMILES string of the molecule is O=C(CCn1ccccc1=O)N1CCCC(c2nc3ccccc3s2)C1. The van der Waals surface area contributed by atoms with E-state index in [2.05, 4.69) is 6.07 Å². The molecule has 3 aromatic rings. The van der Waals surface area contributed by atoms with Gasteiger partial charge in [0.2, 0.25) is 5.91 Å². The molecular weight excluding hydrogens is 346 g/mol. The van der Waals surface area contributed by atoms with Gasteiger partial charge in [0.1, 0.15) is 0 Å². The van der Waals surface area contributed by atoms with Gasteiger partial charge in [0, 0.05) is 44.2 Å². The van der Waals surface area contributed by atoms with Crippen LogP contribution in [0.5, 0.6) is 0 Å². The number of fused-ring (bicyclic) bond motifs is 1. The van der Waals surface area contributed by atoms with E-state index in [4.69, 9.17) is 4.98 Å². The molecule has 0 aliphatic carbocycles. The van der Waals surface area contributed by atoms with Gasteiger partial charge in [0.05, 0.1) is 15.2 Å². The summed E-state index contributed by atoms with van der Waals surface area (Å²) in [5.41, 5.74) is 0.977. The molecule has 6 heteroatoms. The standard InChI is InChI=1S/C20H21N3O2S/c24-18-9-3-4-11-22(18)13-10-19(25)23-12-5-6-15(14-23)20-21-16-7-1-2-8-17(16)26-20/h1-4,7-9,11,15H,5-6,10,12-14H2. The Hall–Kier alpha value is -2.47. The molecule has 134 valence electrons. The molecule has 1 unspecified atom stereocenters. The summed E-state index contributed by atoms with van der Waals surface area (Å²) in [5.74, 6) is 0.427. The number of carbonyl (C=O) groups excluding carboxylic acids is 1. The molecule has 1 amide bonds. The Morgan fingerprint density at radius 1 is 1.19 bits per heavy atom. The quantitative estimate of drug-likeness (QED) is 0.711. The van der Waals surface area contributed by atoms with E-state index in [1.54, 1.807) is 28.2 Å². The van der Waals surface area contributed by atoms with Gasteiger partial charge in [-0.3, -0.25) is 9.59 Å². The molecule has 1 saturated heterocycles. The summed E-state index contributed by atoms with van der Waals surface area (Å²) in [6, 6.07) is 13.2. The number of piperidine rings is 1. The molecule has 1 fully saturated rings. The minimum atomic E-state index is -0.0636. The second kappa shape index (κ2) is 7.41. The first kappa shape index (κ1) is 17.0. The van der Waals surface area contributed by atoms with Gasteiger partial charge in [-0.2, -0.15) is 0 Å². The lowest BCUT2D eigenvalue weighted by Gasteiger charge is -2.32. The van der Waals surface area contributed by atoms with Gasteiger partial charge in [0.15, 0.2) is 0 Å². The predicted molar refractivity (Wildman–Crippen MR) is 103 cm³/mol. The molecule has 0 spiro atoms. The van der Waals surface area contributed by atoms with Gasteiger partial charge in [-0.25, -0.2) is 4.98 Å². The number of carbonyl (C=O) groups is 1. The lowest BCUT2D eigenvalue weighted by molar-refractivity contribution is -0.132. The molecule has 26 heavy (non-hydrogen) atoms. The molecule has 0 bridgehead atoms. The summed E-state index contributed by atoms with van der Waals surface area (Å²) in [6.45, 7) is 1.95. The van der Waals surface area contributed by atoms with E-state index in [0.29, 0.717) is 18.9 Å². The normalized spacial score (nSPS) is 17.5. The Kier molecular flexibility index (Phi) is 4.84. The summed E-state index contributed by atoms with van der Waals surface area (Å²) >= 11 is 1.74. The number of amides is 1. The van der Waals surface area contributed by atoms with Crippen LogP contribution in [0, 0.1) is 0 Å². The van der Waals surface area contributed by atoms with Crippen LogP contribution in [0.2, 0.25) is 0 Å². The summed E-state index contributed by atoms with van der Waals surface area (Å²) in [5, 5.41) is 1.13. The van der Waals surface area contributed by atoms with E-state index in [0.717, 1.165) is 36.5 Å². The maximum Gasteiger partial charge on any atom is 0.250 e. The summed E-state index contributed by atoms with van der Waals surface area (Å²) in [7, 11) is 0. The van der Waals surface area contributed by atoms with Crippen molar-refractivity contribution < 1.29 is 4.79 Å². The third kappa shape index (κ3) is 3.55. The number of pyridine rings is 1. The second-order valence-corrected chi connectivity index (χ2v) is 7.74. The molecular formula is C20H21N3O2S. The average molecular weight is 367 g/mol. The van der Waals surface area contributed by atoms with Crippen molar-refractivity contribution in [2.24, 2.45) is 0 Å². The van der Waals surface area contributed by atoms with Crippen molar-refractivity contribution in [1.29, 1.82) is 0 Å². The van der Waals surface area contributed by atoms with Crippen LogP contribution in [0.15, 0.2) is 53.5 Å². The van der Waals surface area contributed by atoms with Crippen molar-refractivity contribution >= 4 is 27.5 Å². The van der Waals surface area contributed by atoms with Crippen LogP contribution in [0.1, 0.15) is 30.2 Å². The Balaban J connectivity index is 1.42. The molecule has 0 saturated carbocycles. The monoisotopic (exact) mass is 367 g/mol. The molecule has 1 aliphatic heterocycles. The van der Waals surface area contributed by atoms with E-state index in [1.165, 1.54) is 10.8 Å². The first-order valence-corrected chi connectivity index (χ1v) is 9.81. The summed E-state index contributed by atoms with van der Waals surface area (Å²) < 4.78 is 2.79. The summed E-state index contributed by atoms with van der Waals surface area (Å²) in [4.78, 5) is 31.1. The van der Waals surface area contributed by atoms with E-state index in [-0.39, 0.29) is 11.5 Å². The van der Waals surface area contributed by atoms with Gasteiger partial charge >= 0.3 is 0 Å². The average Bonchev–Trinajstić information content (AvgIpc) is 3.11. The minimum absolute atomic E-state index is 0.0636. The van der Waals surface area contributed by atoms with Gasteiger partial charge in [-0.15, -0.1) is 11.3 Å². The number of rotatable bonds is 4. The minimum Gasteiger partial charge on any atom is -0.342 e. The number of thiazole rings is 1. The van der Waals surface area contributed by atoms with E-state index in [9.17, 15) is 9.59 Å². The van der Waals surface area contributed by atoms with Crippen molar-refractivity contribution in [3.63, 3.8) is 0 Å². The van der Waals surface area contributed by atoms with Crippen molar-refractivity contribution in [1.82, 2.24) is 14.5 Å². The van der Waals surface area contributed by atoms with Crippen LogP contribution in [0.4, 0.5) is 0 Å². The zero-order valence-electron chi connectivity index (χ0n) is 14.5. The Labute approximate surface area is 155 Å². The fourth-order valence-electron chi connectivity index (χ4n) is 3.49. The van der Waals surface area contributed by atoms with Crippen LogP contribution < -0.4 is 5.56 Å². The summed E-state index contributed by atoms with van der Waals surface area (Å²) in [6.07, 6.45) is 4.16. The van der Waals surface area contributed by atoms with E-state index < -0.39 is 0 Å². The lowest BCUT2D eigenvalue weighted by Crippen LogP contribution is -2.39. The first-order valence-electron chi connectivity index (χ1n) is 8.99. The van der Waals surface area contributed by atoms with Crippen molar-refractivity contribution in [2.75, 3.05) is 13.1 Å². The highest BCUT2D eigenvalue weighted by Gasteiger charge is 2.26. The molecule has 0 radical (unpaired) electrons. The molecule has 1 aliphatic rings. The Morgan fingerprint density at radius 2 is 2.04 bits per heavy atom. The fraction of sp³-hybridized carbons (Fsp3) is 0.350. The maximum absolute atomic E-state index is 12.6. The zero-order chi connectivity index (χ0) is 17.9. The van der Waals surface area contributed by atoms with Crippen LogP contribution in [-0.4, -0.2) is 33.4 Å². The molecule has 0 N–H and O–H groups in total. The smallest absolute Gasteiger partial charge is 0.250 e. The number of nitrogens with zero attached hydrogens (tertiary/aromatic N) is 3. The number of hydrogen-bond donors (Lipinski definition) is 0. The van der Waals surface area contributed by atoms with Gasteiger partial charge in [-0.05, 0) is 31.0 Å². The number of aryl methyl sites for hydroxylation is 1. The highest BCUT2D eigenvalue weighted by molar-refractivity contribution is 7.18. The predicted octanol–water partition coefficient (Wildman–Crippen LogP) is 3.25. The van der Waals surface area contributed by atoms with Crippen LogP contribution >= 0.6 is 11.3 Å². The lowest BCUT2D eigenvalue weighted by atomic mass is 9.98. The van der Waals surface area contributed by atoms with E-state index >= 15 is 0 Å². The van der Waals surface area contributed by atoms with Crippen LogP contribution in [-0.2, 0) is 11.3 Å². The number of benzene rings is 1. The fourth-order valence-corrected chi connectivity index (χ4v) is 4.58. The van der Waals surface area contributed by atoms with Crippen LogP contribution in [0.3, 0.4) is 0 Å². The Morgan fingerprint density at radius 3 is 2.88 bits per heavy atom. The molecule has 4 rings (SSSR count). The molecule has 1 aromatic carbocycles. The Bertz CT molecular complexity index is 945. The number of para-hydroxylation sites is 1. The number of hydrogen-bond acceptors (Lipinski definition) is 4. The van der Waals surface area contributed by atoms with Crippen molar-refractivity contribution in [3.8, 4) is 0 Å². The van der Waals surface area contributed by atoms with Gasteiger partial charge in [0.25, 0.3) is 5.56 Å².